The molecule has 146 valence electrons. The zero-order valence-electron chi connectivity index (χ0n) is 14.8. The van der Waals surface area contributed by atoms with Crippen LogP contribution >= 0.6 is 0 Å². The van der Waals surface area contributed by atoms with Gasteiger partial charge in [-0.15, -0.1) is 0 Å². The molecule has 2 rings (SSSR count). The highest BCUT2D eigenvalue weighted by molar-refractivity contribution is 7.90. The lowest BCUT2D eigenvalue weighted by Gasteiger charge is -2.17. The van der Waals surface area contributed by atoms with Crippen LogP contribution in [0.15, 0.2) is 35.2 Å². The monoisotopic (exact) mass is 399 g/mol. The van der Waals surface area contributed by atoms with Crippen molar-refractivity contribution in [1.29, 1.82) is 0 Å². The Morgan fingerprint density at radius 1 is 1.15 bits per heavy atom. The van der Waals surface area contributed by atoms with Gasteiger partial charge in [0, 0.05) is 31.0 Å². The zero-order chi connectivity index (χ0) is 20.2. The highest BCUT2D eigenvalue weighted by atomic mass is 32.2. The Morgan fingerprint density at radius 2 is 1.78 bits per heavy atom. The second-order valence-corrected chi connectivity index (χ2v) is 7.90. The number of halogens is 2. The smallest absolute Gasteiger partial charge is 0.335 e. The molecule has 0 radical (unpaired) electrons. The van der Waals surface area contributed by atoms with Crippen LogP contribution in [0.3, 0.4) is 0 Å². The molecule has 2 N–H and O–H groups in total. The van der Waals surface area contributed by atoms with Crippen molar-refractivity contribution in [3.63, 3.8) is 0 Å². The average Bonchev–Trinajstić information content (AvgIpc) is 2.54. The lowest BCUT2D eigenvalue weighted by molar-refractivity contribution is 0.0696. The number of rotatable bonds is 8. The summed E-state index contributed by atoms with van der Waals surface area (Å²) in [7, 11) is -3.90. The van der Waals surface area contributed by atoms with Gasteiger partial charge in [0.2, 0.25) is 0 Å². The first-order chi connectivity index (χ1) is 12.6. The number of aromatic carboxylic acids is 1. The van der Waals surface area contributed by atoms with Crippen LogP contribution < -0.4 is 10.1 Å². The van der Waals surface area contributed by atoms with Gasteiger partial charge in [0.05, 0.1) is 11.3 Å². The fourth-order valence-electron chi connectivity index (χ4n) is 2.34. The number of benzene rings is 2. The number of unbranched alkanes of at least 4 members (excludes halogenated alkanes) is 1. The normalized spacial score (nSPS) is 11.3. The number of carboxylic acids is 1. The van der Waals surface area contributed by atoms with E-state index in [1.807, 2.05) is 6.92 Å². The standard InChI is InChI=1S/C18H19F2NO5S/c1-3-4-5-21-15-6-11(18(22)23)7-16(27(2,24)25)17(15)26-14-9-12(19)8-13(20)10-14/h6-10,21H,3-5H2,1-2H3,(H,22,23). The summed E-state index contributed by atoms with van der Waals surface area (Å²) in [6, 6.07) is 4.62. The Hall–Kier alpha value is -2.68. The van der Waals surface area contributed by atoms with E-state index in [1.165, 1.54) is 6.07 Å². The topological polar surface area (TPSA) is 92.7 Å². The highest BCUT2D eigenvalue weighted by Crippen LogP contribution is 2.38. The fraction of sp³-hybridized carbons (Fsp3) is 0.278. The molecule has 27 heavy (non-hydrogen) atoms. The molecule has 0 heterocycles. The third kappa shape index (κ3) is 5.40. The van der Waals surface area contributed by atoms with Gasteiger partial charge >= 0.3 is 5.97 Å². The number of hydrogen-bond acceptors (Lipinski definition) is 5. The molecular formula is C18H19F2NO5S. The van der Waals surface area contributed by atoms with Gasteiger partial charge in [-0.2, -0.15) is 0 Å². The first kappa shape index (κ1) is 20.6. The van der Waals surface area contributed by atoms with Crippen LogP contribution in [0, 0.1) is 11.6 Å². The van der Waals surface area contributed by atoms with Crippen LogP contribution in [0.1, 0.15) is 30.1 Å². The molecule has 9 heteroatoms. The van der Waals surface area contributed by atoms with Gasteiger partial charge < -0.3 is 15.2 Å². The molecule has 0 aromatic heterocycles. The minimum atomic E-state index is -3.90. The summed E-state index contributed by atoms with van der Waals surface area (Å²) in [6.07, 6.45) is 2.47. The molecule has 0 spiro atoms. The number of sulfone groups is 1. The zero-order valence-corrected chi connectivity index (χ0v) is 15.6. The maximum Gasteiger partial charge on any atom is 0.335 e. The van der Waals surface area contributed by atoms with E-state index in [9.17, 15) is 27.1 Å². The van der Waals surface area contributed by atoms with E-state index in [0.29, 0.717) is 12.6 Å². The molecule has 2 aromatic carbocycles. The lowest BCUT2D eigenvalue weighted by Crippen LogP contribution is -2.10. The average molecular weight is 399 g/mol. The van der Waals surface area contributed by atoms with E-state index in [1.54, 1.807) is 0 Å². The van der Waals surface area contributed by atoms with Crippen molar-refractivity contribution in [1.82, 2.24) is 0 Å². The number of carbonyl (C=O) groups is 1. The molecule has 0 unspecified atom stereocenters. The fourth-order valence-corrected chi connectivity index (χ4v) is 3.17. The highest BCUT2D eigenvalue weighted by Gasteiger charge is 2.23. The molecule has 0 saturated heterocycles. The second-order valence-electron chi connectivity index (χ2n) is 5.92. The van der Waals surface area contributed by atoms with Crippen LogP contribution in [0.25, 0.3) is 0 Å². The van der Waals surface area contributed by atoms with Crippen molar-refractivity contribution >= 4 is 21.5 Å². The van der Waals surface area contributed by atoms with Crippen LogP contribution in [0.2, 0.25) is 0 Å². The molecule has 0 amide bonds. The van der Waals surface area contributed by atoms with Crippen molar-refractivity contribution in [2.75, 3.05) is 18.1 Å². The van der Waals surface area contributed by atoms with Crippen LogP contribution in [-0.2, 0) is 9.84 Å². The Labute approximate surface area is 155 Å². The van der Waals surface area contributed by atoms with Gasteiger partial charge in [-0.25, -0.2) is 22.0 Å². The Kier molecular flexibility index (Phi) is 6.37. The van der Waals surface area contributed by atoms with Crippen LogP contribution in [0.5, 0.6) is 11.5 Å². The number of nitrogens with one attached hydrogen (secondary N) is 1. The molecule has 0 saturated carbocycles. The number of ether oxygens (including phenoxy) is 1. The van der Waals surface area contributed by atoms with E-state index < -0.39 is 32.3 Å². The maximum absolute atomic E-state index is 13.5. The van der Waals surface area contributed by atoms with E-state index in [4.69, 9.17) is 4.74 Å². The third-order valence-electron chi connectivity index (χ3n) is 3.60. The lowest BCUT2D eigenvalue weighted by atomic mass is 10.1. The maximum atomic E-state index is 13.5. The van der Waals surface area contributed by atoms with Gasteiger partial charge in [0.1, 0.15) is 22.3 Å². The van der Waals surface area contributed by atoms with Crippen molar-refractivity contribution in [2.45, 2.75) is 24.7 Å². The van der Waals surface area contributed by atoms with Gasteiger partial charge in [0.15, 0.2) is 15.6 Å². The van der Waals surface area contributed by atoms with Gasteiger partial charge in [0.25, 0.3) is 0 Å². The first-order valence-electron chi connectivity index (χ1n) is 8.11. The predicted molar refractivity (Wildman–Crippen MR) is 96.3 cm³/mol. The Morgan fingerprint density at radius 3 is 2.30 bits per heavy atom. The summed E-state index contributed by atoms with van der Waals surface area (Å²) in [5, 5.41) is 12.2. The molecule has 0 aliphatic heterocycles. The molecule has 0 atom stereocenters. The van der Waals surface area contributed by atoms with Crippen molar-refractivity contribution in [2.24, 2.45) is 0 Å². The largest absolute Gasteiger partial charge is 0.478 e. The second kappa shape index (κ2) is 8.34. The molecule has 6 nitrogen and oxygen atoms in total. The molecular weight excluding hydrogens is 380 g/mol. The van der Waals surface area contributed by atoms with E-state index in [0.717, 1.165) is 37.3 Å². The van der Waals surface area contributed by atoms with Crippen molar-refractivity contribution in [3.05, 3.63) is 47.5 Å². The van der Waals surface area contributed by atoms with E-state index >= 15 is 0 Å². The summed E-state index contributed by atoms with van der Waals surface area (Å²) in [5.74, 6) is -3.58. The number of carboxylic acid groups (broad SMARTS) is 1. The molecule has 0 bridgehead atoms. The van der Waals surface area contributed by atoms with Crippen molar-refractivity contribution < 1.29 is 31.8 Å². The van der Waals surface area contributed by atoms with Crippen LogP contribution in [-0.4, -0.2) is 32.3 Å². The summed E-state index contributed by atoms with van der Waals surface area (Å²) >= 11 is 0. The minimum absolute atomic E-state index is 0.105. The molecule has 0 fully saturated rings. The van der Waals surface area contributed by atoms with Gasteiger partial charge in [-0.1, -0.05) is 13.3 Å². The number of anilines is 1. The Bertz CT molecular complexity index is 940. The number of hydrogen-bond donors (Lipinski definition) is 2. The Balaban J connectivity index is 2.64. The van der Waals surface area contributed by atoms with E-state index in [2.05, 4.69) is 5.32 Å². The summed E-state index contributed by atoms with van der Waals surface area (Å²) in [5.41, 5.74) is -0.152. The summed E-state index contributed by atoms with van der Waals surface area (Å²) < 4.78 is 56.8. The van der Waals surface area contributed by atoms with Gasteiger partial charge in [-0.3, -0.25) is 0 Å². The molecule has 0 aliphatic rings. The van der Waals surface area contributed by atoms with Crippen molar-refractivity contribution in [3.8, 4) is 11.5 Å². The van der Waals surface area contributed by atoms with E-state index in [-0.39, 0.29) is 22.7 Å². The summed E-state index contributed by atoms with van der Waals surface area (Å²) in [4.78, 5) is 11.0. The first-order valence-corrected chi connectivity index (χ1v) is 10.00. The van der Waals surface area contributed by atoms with Crippen LogP contribution in [0.4, 0.5) is 14.5 Å². The third-order valence-corrected chi connectivity index (χ3v) is 4.71. The predicted octanol–water partition coefficient (Wildman–Crippen LogP) is 4.07. The van der Waals surface area contributed by atoms with Gasteiger partial charge in [-0.05, 0) is 18.6 Å². The molecule has 0 aliphatic carbocycles. The summed E-state index contributed by atoms with van der Waals surface area (Å²) in [6.45, 7) is 2.38. The SMILES string of the molecule is CCCCNc1cc(C(=O)O)cc(S(C)(=O)=O)c1Oc1cc(F)cc(F)c1. The quantitative estimate of drug-likeness (QED) is 0.650. The minimum Gasteiger partial charge on any atom is -0.478 e. The molecule has 2 aromatic rings.